The van der Waals surface area contributed by atoms with Gasteiger partial charge in [0.05, 0.1) is 6.42 Å². The SMILES string of the molecule is CN1C(=O)CC(F)C1=O. The number of hydrogen-bond acceptors (Lipinski definition) is 2. The number of rotatable bonds is 0. The molecule has 4 heteroatoms. The van der Waals surface area contributed by atoms with Crippen molar-refractivity contribution in [2.45, 2.75) is 12.6 Å². The van der Waals surface area contributed by atoms with Gasteiger partial charge in [-0.2, -0.15) is 0 Å². The molecule has 0 bridgehead atoms. The molecule has 1 saturated heterocycles. The first-order chi connectivity index (χ1) is 4.13. The topological polar surface area (TPSA) is 37.4 Å². The van der Waals surface area contributed by atoms with E-state index in [0.29, 0.717) is 0 Å². The van der Waals surface area contributed by atoms with Crippen LogP contribution in [0.4, 0.5) is 4.39 Å². The van der Waals surface area contributed by atoms with E-state index in [4.69, 9.17) is 0 Å². The lowest BCUT2D eigenvalue weighted by Crippen LogP contribution is -2.26. The molecule has 1 unspecified atom stereocenters. The summed E-state index contributed by atoms with van der Waals surface area (Å²) in [6.45, 7) is 0. The molecule has 1 aliphatic heterocycles. The van der Waals surface area contributed by atoms with Crippen LogP contribution in [0.25, 0.3) is 0 Å². The Bertz CT molecular complexity index is 168. The average Bonchev–Trinajstić information content (AvgIpc) is 1.98. The third-order valence-electron chi connectivity index (χ3n) is 1.33. The Kier molecular flexibility index (Phi) is 1.23. The molecule has 9 heavy (non-hydrogen) atoms. The fourth-order valence-corrected chi connectivity index (χ4v) is 0.711. The summed E-state index contributed by atoms with van der Waals surface area (Å²) in [4.78, 5) is 21.7. The number of amides is 2. The van der Waals surface area contributed by atoms with Crippen LogP contribution >= 0.6 is 0 Å². The van der Waals surface area contributed by atoms with E-state index in [1.54, 1.807) is 0 Å². The summed E-state index contributed by atoms with van der Waals surface area (Å²) in [6, 6.07) is 0. The first kappa shape index (κ1) is 6.19. The predicted octanol–water partition coefficient (Wildman–Crippen LogP) is -0.287. The molecule has 0 spiro atoms. The lowest BCUT2D eigenvalue weighted by atomic mass is 10.3. The van der Waals surface area contributed by atoms with Gasteiger partial charge < -0.3 is 0 Å². The van der Waals surface area contributed by atoms with Crippen molar-refractivity contribution in [3.8, 4) is 0 Å². The Labute approximate surface area is 51.4 Å². The van der Waals surface area contributed by atoms with Crippen LogP contribution in [0.15, 0.2) is 0 Å². The molecule has 50 valence electrons. The summed E-state index contributed by atoms with van der Waals surface area (Å²) in [5.74, 6) is -1.16. The van der Waals surface area contributed by atoms with Crippen LogP contribution in [0.2, 0.25) is 0 Å². The van der Waals surface area contributed by atoms with Gasteiger partial charge in [-0.3, -0.25) is 14.5 Å². The van der Waals surface area contributed by atoms with Crippen LogP contribution in [0.5, 0.6) is 0 Å². The predicted molar refractivity (Wildman–Crippen MR) is 27.3 cm³/mol. The molecule has 0 aromatic rings. The smallest absolute Gasteiger partial charge is 0.263 e. The zero-order chi connectivity index (χ0) is 7.02. The van der Waals surface area contributed by atoms with Crippen molar-refractivity contribution in [2.75, 3.05) is 7.05 Å². The van der Waals surface area contributed by atoms with Crippen LogP contribution < -0.4 is 0 Å². The molecule has 2 amide bonds. The number of imide groups is 1. The largest absolute Gasteiger partial charge is 0.283 e. The second-order valence-corrected chi connectivity index (χ2v) is 1.96. The molecule has 1 aliphatic rings. The molecular formula is C5H6FNO2. The molecule has 0 saturated carbocycles. The lowest BCUT2D eigenvalue weighted by Gasteiger charge is -2.01. The van der Waals surface area contributed by atoms with Crippen molar-refractivity contribution in [3.63, 3.8) is 0 Å². The van der Waals surface area contributed by atoms with E-state index in [2.05, 4.69) is 0 Å². The van der Waals surface area contributed by atoms with Gasteiger partial charge in [-0.25, -0.2) is 4.39 Å². The van der Waals surface area contributed by atoms with Crippen molar-refractivity contribution >= 4 is 11.8 Å². The second kappa shape index (κ2) is 1.79. The van der Waals surface area contributed by atoms with E-state index in [-0.39, 0.29) is 6.42 Å². The Morgan fingerprint density at radius 3 is 2.33 bits per heavy atom. The monoisotopic (exact) mass is 131 g/mol. The molecule has 0 aromatic carbocycles. The summed E-state index contributed by atoms with van der Waals surface area (Å²) in [5, 5.41) is 0. The first-order valence-electron chi connectivity index (χ1n) is 2.57. The molecule has 1 rings (SSSR count). The molecule has 1 heterocycles. The van der Waals surface area contributed by atoms with Gasteiger partial charge in [0, 0.05) is 7.05 Å². The highest BCUT2D eigenvalue weighted by atomic mass is 19.1. The zero-order valence-electron chi connectivity index (χ0n) is 4.93. The maximum absolute atomic E-state index is 12.2. The quantitative estimate of drug-likeness (QED) is 0.424. The summed E-state index contributed by atoms with van der Waals surface area (Å²) in [6.07, 6.45) is -1.88. The van der Waals surface area contributed by atoms with E-state index in [0.717, 1.165) is 4.90 Å². The van der Waals surface area contributed by atoms with Crippen LogP contribution in [0.3, 0.4) is 0 Å². The van der Waals surface area contributed by atoms with E-state index in [9.17, 15) is 14.0 Å². The molecular weight excluding hydrogens is 125 g/mol. The van der Waals surface area contributed by atoms with Crippen LogP contribution in [0, 0.1) is 0 Å². The van der Waals surface area contributed by atoms with Crippen LogP contribution in [-0.4, -0.2) is 29.9 Å². The highest BCUT2D eigenvalue weighted by Crippen LogP contribution is 2.12. The number of carbonyl (C=O) groups excluding carboxylic acids is 2. The third kappa shape index (κ3) is 0.800. The van der Waals surface area contributed by atoms with Gasteiger partial charge in [-0.1, -0.05) is 0 Å². The summed E-state index contributed by atoms with van der Waals surface area (Å²) in [5.41, 5.74) is 0. The number of carbonyl (C=O) groups is 2. The Morgan fingerprint density at radius 2 is 2.22 bits per heavy atom. The van der Waals surface area contributed by atoms with E-state index < -0.39 is 18.0 Å². The third-order valence-corrected chi connectivity index (χ3v) is 1.33. The van der Waals surface area contributed by atoms with Gasteiger partial charge in [0.1, 0.15) is 0 Å². The van der Waals surface area contributed by atoms with Crippen molar-refractivity contribution in [3.05, 3.63) is 0 Å². The number of likely N-dealkylation sites (tertiary alicyclic amines) is 1. The van der Waals surface area contributed by atoms with Crippen LogP contribution in [-0.2, 0) is 9.59 Å². The average molecular weight is 131 g/mol. The molecule has 3 nitrogen and oxygen atoms in total. The Balaban J connectivity index is 2.77. The second-order valence-electron chi connectivity index (χ2n) is 1.96. The molecule has 1 fully saturated rings. The van der Waals surface area contributed by atoms with Gasteiger partial charge in [0.2, 0.25) is 5.91 Å². The molecule has 0 N–H and O–H groups in total. The molecule has 0 aromatic heterocycles. The number of hydrogen-bond donors (Lipinski definition) is 0. The van der Waals surface area contributed by atoms with E-state index >= 15 is 0 Å². The Morgan fingerprint density at radius 1 is 1.67 bits per heavy atom. The van der Waals surface area contributed by atoms with Crippen molar-refractivity contribution < 1.29 is 14.0 Å². The van der Waals surface area contributed by atoms with Gasteiger partial charge >= 0.3 is 0 Å². The summed E-state index contributed by atoms with van der Waals surface area (Å²) >= 11 is 0. The highest BCUT2D eigenvalue weighted by Gasteiger charge is 2.35. The summed E-state index contributed by atoms with van der Waals surface area (Å²) < 4.78 is 12.2. The van der Waals surface area contributed by atoms with E-state index in [1.807, 2.05) is 0 Å². The molecule has 1 atom stereocenters. The highest BCUT2D eigenvalue weighted by molar-refractivity contribution is 6.04. The fraction of sp³-hybridized carbons (Fsp3) is 0.600. The lowest BCUT2D eigenvalue weighted by molar-refractivity contribution is -0.137. The number of halogens is 1. The van der Waals surface area contributed by atoms with Crippen LogP contribution in [0.1, 0.15) is 6.42 Å². The standard InChI is InChI=1S/C5H6FNO2/c1-7-4(8)2-3(6)5(7)9/h3H,2H2,1H3. The minimum absolute atomic E-state index is 0.282. The van der Waals surface area contributed by atoms with Crippen molar-refractivity contribution in [2.24, 2.45) is 0 Å². The summed E-state index contributed by atoms with van der Waals surface area (Å²) in [7, 11) is 1.28. The van der Waals surface area contributed by atoms with Crippen molar-refractivity contribution in [1.82, 2.24) is 4.90 Å². The maximum Gasteiger partial charge on any atom is 0.263 e. The fourth-order valence-electron chi connectivity index (χ4n) is 0.711. The van der Waals surface area contributed by atoms with Crippen molar-refractivity contribution in [1.29, 1.82) is 0 Å². The van der Waals surface area contributed by atoms with E-state index in [1.165, 1.54) is 7.05 Å². The number of nitrogens with zero attached hydrogens (tertiary/aromatic N) is 1. The first-order valence-corrected chi connectivity index (χ1v) is 2.57. The molecule has 0 aliphatic carbocycles. The van der Waals surface area contributed by atoms with Gasteiger partial charge in [0.25, 0.3) is 5.91 Å². The maximum atomic E-state index is 12.2. The molecule has 0 radical (unpaired) electrons. The normalized spacial score (nSPS) is 27.8. The van der Waals surface area contributed by atoms with Gasteiger partial charge in [-0.15, -0.1) is 0 Å². The minimum Gasteiger partial charge on any atom is -0.283 e. The van der Waals surface area contributed by atoms with Gasteiger partial charge in [-0.05, 0) is 0 Å². The van der Waals surface area contributed by atoms with Gasteiger partial charge in [0.15, 0.2) is 6.17 Å². The zero-order valence-corrected chi connectivity index (χ0v) is 4.93. The Hall–Kier alpha value is -0.930. The minimum atomic E-state index is -1.59. The number of alkyl halides is 1.